The summed E-state index contributed by atoms with van der Waals surface area (Å²) in [6.45, 7) is 2.01. The molecule has 52 heavy (non-hydrogen) atoms. The first-order valence-corrected chi connectivity index (χ1v) is 19.0. The number of thioether (sulfide) groups is 1. The van der Waals surface area contributed by atoms with E-state index < -0.39 is 17.8 Å². The van der Waals surface area contributed by atoms with Crippen LogP contribution in [0, 0.1) is 0 Å². The monoisotopic (exact) mass is 749 g/mol. The maximum absolute atomic E-state index is 13.5. The van der Waals surface area contributed by atoms with Crippen LogP contribution in [0.3, 0.4) is 0 Å². The Labute approximate surface area is 315 Å². The molecule has 1 heterocycles. The molecule has 0 spiro atoms. The highest BCUT2D eigenvalue weighted by molar-refractivity contribution is 8.00. The largest absolute Gasteiger partial charge is 0.462 e. The minimum absolute atomic E-state index is 0.0414. The van der Waals surface area contributed by atoms with Crippen LogP contribution in [0.2, 0.25) is 5.02 Å². The number of rotatable bonds is 12. The zero-order chi connectivity index (χ0) is 36.5. The molecule has 1 aliphatic carbocycles. The van der Waals surface area contributed by atoms with Gasteiger partial charge in [0.2, 0.25) is 5.91 Å². The number of nitrogens with one attached hydrogen (secondary N) is 3. The summed E-state index contributed by atoms with van der Waals surface area (Å²) in [4.78, 5) is 54.7. The van der Waals surface area contributed by atoms with Crippen molar-refractivity contribution in [3.8, 4) is 0 Å². The summed E-state index contributed by atoms with van der Waals surface area (Å²) in [7, 11) is 0. The van der Waals surface area contributed by atoms with Gasteiger partial charge in [-0.3, -0.25) is 14.4 Å². The molecule has 1 unspecified atom stereocenters. The van der Waals surface area contributed by atoms with Crippen LogP contribution in [-0.4, -0.2) is 36.1 Å². The number of hydrogen-bond acceptors (Lipinski definition) is 7. The number of ether oxygens (including phenoxy) is 1. The third-order valence-electron chi connectivity index (χ3n) is 8.44. The van der Waals surface area contributed by atoms with Gasteiger partial charge in [0.1, 0.15) is 10.7 Å². The van der Waals surface area contributed by atoms with Gasteiger partial charge >= 0.3 is 5.97 Å². The summed E-state index contributed by atoms with van der Waals surface area (Å²) in [5.74, 6) is -1.22. The van der Waals surface area contributed by atoms with Gasteiger partial charge in [0, 0.05) is 26.0 Å². The lowest BCUT2D eigenvalue weighted by molar-refractivity contribution is -0.114. The standard InChI is InChI=1S/C41H36ClN3O5S2/c1-2-50-41(49)37-33-21-18-29(27-10-5-3-6-11-27)23-35(33)52-40(37)45-36(46)25-51-32-15-9-14-31(24-32)43-39(48)34(22-26-16-19-30(42)20-17-26)44-38(47)28-12-7-4-8-13-28/h3-17,19-20,22,24,29H,2,18,21,23,25H2,1H3,(H,43,48)(H,44,47)(H,45,46)/b34-22-. The van der Waals surface area contributed by atoms with Gasteiger partial charge in [-0.05, 0) is 97.3 Å². The molecule has 0 fully saturated rings. The summed E-state index contributed by atoms with van der Waals surface area (Å²) >= 11 is 8.79. The molecule has 0 radical (unpaired) electrons. The Morgan fingerprint density at radius 2 is 1.63 bits per heavy atom. The Hall–Kier alpha value is -5.16. The van der Waals surface area contributed by atoms with Crippen LogP contribution in [0.1, 0.15) is 61.5 Å². The molecule has 11 heteroatoms. The number of anilines is 2. The maximum Gasteiger partial charge on any atom is 0.341 e. The Morgan fingerprint density at radius 3 is 2.37 bits per heavy atom. The van der Waals surface area contributed by atoms with E-state index in [0.717, 1.165) is 34.6 Å². The number of amides is 3. The third kappa shape index (κ3) is 9.38. The highest BCUT2D eigenvalue weighted by Crippen LogP contribution is 2.43. The van der Waals surface area contributed by atoms with E-state index in [2.05, 4.69) is 28.1 Å². The fourth-order valence-corrected chi connectivity index (χ4v) is 8.16. The first kappa shape index (κ1) is 36.6. The van der Waals surface area contributed by atoms with Crippen LogP contribution >= 0.6 is 34.7 Å². The molecule has 5 aromatic rings. The van der Waals surface area contributed by atoms with Crippen molar-refractivity contribution >= 4 is 75.2 Å². The zero-order valence-electron chi connectivity index (χ0n) is 28.3. The fourth-order valence-electron chi connectivity index (χ4n) is 5.94. The zero-order valence-corrected chi connectivity index (χ0v) is 30.7. The number of halogens is 1. The maximum atomic E-state index is 13.5. The molecule has 3 amide bonds. The van der Waals surface area contributed by atoms with Gasteiger partial charge in [-0.15, -0.1) is 23.1 Å². The van der Waals surface area contributed by atoms with Gasteiger partial charge in [0.25, 0.3) is 11.8 Å². The predicted molar refractivity (Wildman–Crippen MR) is 209 cm³/mol. The van der Waals surface area contributed by atoms with Crippen LogP contribution < -0.4 is 16.0 Å². The number of thiophene rings is 1. The van der Waals surface area contributed by atoms with Crippen LogP contribution in [-0.2, 0) is 27.2 Å². The normalized spacial score (nSPS) is 13.8. The number of fused-ring (bicyclic) bond motifs is 1. The second-order valence-corrected chi connectivity index (χ2v) is 14.6. The summed E-state index contributed by atoms with van der Waals surface area (Å²) in [6.07, 6.45) is 4.01. The molecule has 1 aliphatic rings. The lowest BCUT2D eigenvalue weighted by atomic mass is 9.83. The third-order valence-corrected chi connectivity index (χ3v) is 10.9. The van der Waals surface area contributed by atoms with Gasteiger partial charge in [0.15, 0.2) is 0 Å². The first-order valence-electron chi connectivity index (χ1n) is 16.8. The van der Waals surface area contributed by atoms with Gasteiger partial charge in [-0.1, -0.05) is 78.3 Å². The van der Waals surface area contributed by atoms with E-state index in [1.165, 1.54) is 28.7 Å². The van der Waals surface area contributed by atoms with E-state index in [0.29, 0.717) is 38.3 Å². The van der Waals surface area contributed by atoms with Crippen molar-refractivity contribution in [2.45, 2.75) is 37.0 Å². The SMILES string of the molecule is CCOC(=O)c1c(NC(=O)CSc2cccc(NC(=O)/C(=C/c3ccc(Cl)cc3)NC(=O)c3ccccc3)c2)sc2c1CCC(c1ccccc1)C2. The smallest absolute Gasteiger partial charge is 0.341 e. The van der Waals surface area contributed by atoms with E-state index in [4.69, 9.17) is 16.3 Å². The fraction of sp³-hybridized carbons (Fsp3) is 0.171. The summed E-state index contributed by atoms with van der Waals surface area (Å²) in [5, 5.41) is 9.64. The topological polar surface area (TPSA) is 114 Å². The van der Waals surface area contributed by atoms with Gasteiger partial charge in [-0.2, -0.15) is 0 Å². The minimum atomic E-state index is -0.526. The molecule has 1 atom stereocenters. The van der Waals surface area contributed by atoms with Crippen LogP contribution in [0.15, 0.2) is 120 Å². The molecule has 264 valence electrons. The van der Waals surface area contributed by atoms with Gasteiger partial charge < -0.3 is 20.7 Å². The molecule has 0 bridgehead atoms. The van der Waals surface area contributed by atoms with E-state index in [9.17, 15) is 19.2 Å². The van der Waals surface area contributed by atoms with E-state index >= 15 is 0 Å². The number of esters is 1. The first-order chi connectivity index (χ1) is 25.3. The second kappa shape index (κ2) is 17.4. The molecular weight excluding hydrogens is 714 g/mol. The predicted octanol–water partition coefficient (Wildman–Crippen LogP) is 8.99. The van der Waals surface area contributed by atoms with Crippen molar-refractivity contribution in [1.82, 2.24) is 5.32 Å². The van der Waals surface area contributed by atoms with Crippen LogP contribution in [0.4, 0.5) is 10.7 Å². The Kier molecular flexibility index (Phi) is 12.2. The lowest BCUT2D eigenvalue weighted by Crippen LogP contribution is -2.30. The van der Waals surface area contributed by atoms with E-state index in [1.807, 2.05) is 24.3 Å². The van der Waals surface area contributed by atoms with Crippen molar-refractivity contribution in [2.75, 3.05) is 23.0 Å². The van der Waals surface area contributed by atoms with Crippen molar-refractivity contribution in [3.63, 3.8) is 0 Å². The number of hydrogen-bond donors (Lipinski definition) is 3. The summed E-state index contributed by atoms with van der Waals surface area (Å²) in [5.41, 5.74) is 4.29. The molecule has 0 saturated heterocycles. The van der Waals surface area contributed by atoms with Crippen molar-refractivity contribution in [3.05, 3.63) is 153 Å². The van der Waals surface area contributed by atoms with Crippen molar-refractivity contribution in [2.24, 2.45) is 0 Å². The molecule has 8 nitrogen and oxygen atoms in total. The minimum Gasteiger partial charge on any atom is -0.462 e. The molecule has 0 aliphatic heterocycles. The molecular formula is C41H36ClN3O5S2. The summed E-state index contributed by atoms with van der Waals surface area (Å²) < 4.78 is 5.40. The number of carbonyl (C=O) groups excluding carboxylic acids is 4. The number of carbonyl (C=O) groups is 4. The molecule has 0 saturated carbocycles. The number of benzene rings is 4. The van der Waals surface area contributed by atoms with Gasteiger partial charge in [0.05, 0.1) is 17.9 Å². The highest BCUT2D eigenvalue weighted by Gasteiger charge is 2.31. The van der Waals surface area contributed by atoms with E-state index in [1.54, 1.807) is 85.8 Å². The summed E-state index contributed by atoms with van der Waals surface area (Å²) in [6, 6.07) is 33.0. The Balaban J connectivity index is 1.13. The van der Waals surface area contributed by atoms with Gasteiger partial charge in [-0.25, -0.2) is 4.79 Å². The van der Waals surface area contributed by atoms with E-state index in [-0.39, 0.29) is 24.0 Å². The second-order valence-electron chi connectivity index (χ2n) is 12.0. The van der Waals surface area contributed by atoms with Crippen LogP contribution in [0.5, 0.6) is 0 Å². The average Bonchev–Trinajstić information content (AvgIpc) is 3.52. The Morgan fingerprint density at radius 1 is 0.904 bits per heavy atom. The van der Waals surface area contributed by atoms with Crippen LogP contribution in [0.25, 0.3) is 6.08 Å². The lowest BCUT2D eigenvalue weighted by Gasteiger charge is -2.23. The molecule has 4 aromatic carbocycles. The average molecular weight is 750 g/mol. The van der Waals surface area contributed by atoms with Crippen molar-refractivity contribution < 1.29 is 23.9 Å². The highest BCUT2D eigenvalue weighted by atomic mass is 35.5. The molecule has 1 aromatic heterocycles. The Bertz CT molecular complexity index is 2100. The quantitative estimate of drug-likeness (QED) is 0.0667. The molecule has 6 rings (SSSR count). The van der Waals surface area contributed by atoms with Crippen molar-refractivity contribution in [1.29, 1.82) is 0 Å². The molecule has 3 N–H and O–H groups in total.